The maximum absolute atomic E-state index is 9.78. The molecule has 2 aromatic carbocycles. The Morgan fingerprint density at radius 2 is 1.66 bits per heavy atom. The zero-order chi connectivity index (χ0) is 28.9. The van der Waals surface area contributed by atoms with Gasteiger partial charge in [0.15, 0.2) is 0 Å². The minimum absolute atomic E-state index is 0.0363. The number of hydrogen-bond donors (Lipinski definition) is 1. The standard InChI is InChI=1S/C33H49NO7/c1-25(35)14-18-39-31-6-4-7-32(33(31)28-11-8-26(9-12-28)23-38-21-20-37-3)41-24-27-10-13-30-29(22-27)34(16-19-40-30)15-5-17-36-2/h8-13,22,25,31-33,35H,4-7,14-21,23-24H2,1-3H3/t25-,31+,32-,33-/m0/s1. The van der Waals surface area contributed by atoms with Crippen LogP contribution in [-0.4, -0.2) is 83.8 Å². The molecule has 1 heterocycles. The van der Waals surface area contributed by atoms with E-state index in [9.17, 15) is 5.11 Å². The molecule has 1 fully saturated rings. The van der Waals surface area contributed by atoms with Crippen LogP contribution in [0.2, 0.25) is 0 Å². The van der Waals surface area contributed by atoms with Crippen molar-refractivity contribution in [2.24, 2.45) is 0 Å². The topological polar surface area (TPSA) is 78.9 Å². The lowest BCUT2D eigenvalue weighted by atomic mass is 9.79. The van der Waals surface area contributed by atoms with Crippen LogP contribution >= 0.6 is 0 Å². The molecule has 0 amide bonds. The van der Waals surface area contributed by atoms with Gasteiger partial charge in [0.2, 0.25) is 0 Å². The Hall–Kier alpha value is -2.20. The molecule has 0 unspecified atom stereocenters. The SMILES string of the molecule is COCCCN1CCOc2ccc(CO[C@H]3CCC[C@@H](OCC[C@H](C)O)[C@@H]3c3ccc(COCCOC)cc3)cc21. The number of anilines is 1. The van der Waals surface area contributed by atoms with Gasteiger partial charge in [-0.05, 0) is 67.9 Å². The Bertz CT molecular complexity index is 1020. The maximum Gasteiger partial charge on any atom is 0.142 e. The first-order valence-corrected chi connectivity index (χ1v) is 15.2. The number of rotatable bonds is 17. The molecule has 2 aliphatic rings. The van der Waals surface area contributed by atoms with Gasteiger partial charge in [0, 0.05) is 39.9 Å². The smallest absolute Gasteiger partial charge is 0.142 e. The van der Waals surface area contributed by atoms with E-state index in [0.717, 1.165) is 67.9 Å². The fourth-order valence-corrected chi connectivity index (χ4v) is 5.72. The minimum Gasteiger partial charge on any atom is -0.490 e. The molecular weight excluding hydrogens is 522 g/mol. The summed E-state index contributed by atoms with van der Waals surface area (Å²) in [6.45, 7) is 7.89. The average Bonchev–Trinajstić information content (AvgIpc) is 2.99. The molecule has 0 bridgehead atoms. The Balaban J connectivity index is 1.45. The van der Waals surface area contributed by atoms with Crippen molar-refractivity contribution >= 4 is 5.69 Å². The highest BCUT2D eigenvalue weighted by molar-refractivity contribution is 5.61. The van der Waals surface area contributed by atoms with E-state index < -0.39 is 0 Å². The summed E-state index contributed by atoms with van der Waals surface area (Å²) in [7, 11) is 3.43. The highest BCUT2D eigenvalue weighted by Crippen LogP contribution is 2.39. The number of ether oxygens (including phenoxy) is 6. The summed E-state index contributed by atoms with van der Waals surface area (Å²) in [6, 6.07) is 15.1. The summed E-state index contributed by atoms with van der Waals surface area (Å²) in [5.41, 5.74) is 4.64. The molecule has 0 radical (unpaired) electrons. The minimum atomic E-state index is -0.372. The van der Waals surface area contributed by atoms with Gasteiger partial charge in [-0.1, -0.05) is 30.3 Å². The second-order valence-corrected chi connectivity index (χ2v) is 11.1. The van der Waals surface area contributed by atoms with Crippen molar-refractivity contribution in [2.75, 3.05) is 65.2 Å². The van der Waals surface area contributed by atoms with E-state index >= 15 is 0 Å². The fraction of sp³-hybridized carbons (Fsp3) is 0.636. The number of fused-ring (bicyclic) bond motifs is 1. The summed E-state index contributed by atoms with van der Waals surface area (Å²) >= 11 is 0. The predicted molar refractivity (Wildman–Crippen MR) is 160 cm³/mol. The van der Waals surface area contributed by atoms with Crippen molar-refractivity contribution in [3.05, 3.63) is 59.2 Å². The molecule has 1 N–H and O–H groups in total. The van der Waals surface area contributed by atoms with Crippen LogP contribution in [0.1, 0.15) is 61.6 Å². The number of nitrogens with zero attached hydrogens (tertiary/aromatic N) is 1. The summed E-state index contributed by atoms with van der Waals surface area (Å²) in [5, 5.41) is 9.78. The number of benzene rings is 2. The number of methoxy groups -OCH3 is 2. The third-order valence-corrected chi connectivity index (χ3v) is 7.93. The van der Waals surface area contributed by atoms with Crippen molar-refractivity contribution in [3.8, 4) is 5.75 Å². The molecule has 0 spiro atoms. The molecule has 8 heteroatoms. The predicted octanol–water partition coefficient (Wildman–Crippen LogP) is 5.09. The van der Waals surface area contributed by atoms with Crippen molar-refractivity contribution in [1.29, 1.82) is 0 Å². The first-order valence-electron chi connectivity index (χ1n) is 15.2. The second kappa shape index (κ2) is 17.0. The van der Waals surface area contributed by atoms with Gasteiger partial charge < -0.3 is 38.4 Å². The Kier molecular flexibility index (Phi) is 13.2. The zero-order valence-electron chi connectivity index (χ0n) is 25.1. The Labute approximate surface area is 245 Å². The number of aliphatic hydroxyl groups is 1. The van der Waals surface area contributed by atoms with Crippen LogP contribution in [0.15, 0.2) is 42.5 Å². The van der Waals surface area contributed by atoms with Gasteiger partial charge >= 0.3 is 0 Å². The Morgan fingerprint density at radius 3 is 2.41 bits per heavy atom. The van der Waals surface area contributed by atoms with Crippen molar-refractivity contribution in [1.82, 2.24) is 0 Å². The van der Waals surface area contributed by atoms with Crippen molar-refractivity contribution < 1.29 is 33.5 Å². The van der Waals surface area contributed by atoms with Gasteiger partial charge in [-0.2, -0.15) is 0 Å². The van der Waals surface area contributed by atoms with E-state index in [1.54, 1.807) is 14.2 Å². The summed E-state index contributed by atoms with van der Waals surface area (Å²) in [6.07, 6.45) is 4.34. The van der Waals surface area contributed by atoms with E-state index in [4.69, 9.17) is 28.4 Å². The second-order valence-electron chi connectivity index (χ2n) is 11.1. The first kappa shape index (κ1) is 31.7. The highest BCUT2D eigenvalue weighted by atomic mass is 16.5. The third kappa shape index (κ3) is 9.66. The summed E-state index contributed by atoms with van der Waals surface area (Å²) in [5.74, 6) is 1.05. The number of aliphatic hydroxyl groups excluding tert-OH is 1. The molecule has 2 aromatic rings. The average molecular weight is 572 g/mol. The molecule has 41 heavy (non-hydrogen) atoms. The monoisotopic (exact) mass is 571 g/mol. The summed E-state index contributed by atoms with van der Waals surface area (Å²) < 4.78 is 35.1. The lowest BCUT2D eigenvalue weighted by Gasteiger charge is -2.38. The van der Waals surface area contributed by atoms with Crippen LogP contribution in [-0.2, 0) is 36.9 Å². The lowest BCUT2D eigenvalue weighted by Crippen LogP contribution is -2.38. The van der Waals surface area contributed by atoms with Crippen molar-refractivity contribution in [2.45, 2.75) is 76.5 Å². The molecule has 1 saturated carbocycles. The first-order chi connectivity index (χ1) is 20.1. The van der Waals surface area contributed by atoms with E-state index in [1.807, 2.05) is 6.92 Å². The molecule has 0 saturated heterocycles. The van der Waals surface area contributed by atoms with Gasteiger partial charge in [-0.15, -0.1) is 0 Å². The largest absolute Gasteiger partial charge is 0.490 e. The molecule has 8 nitrogen and oxygen atoms in total. The molecule has 228 valence electrons. The summed E-state index contributed by atoms with van der Waals surface area (Å²) in [4.78, 5) is 2.39. The van der Waals surface area contributed by atoms with Crippen LogP contribution in [0.4, 0.5) is 5.69 Å². The Morgan fingerprint density at radius 1 is 0.902 bits per heavy atom. The van der Waals surface area contributed by atoms with Crippen LogP contribution in [0, 0.1) is 0 Å². The van der Waals surface area contributed by atoms with E-state index in [-0.39, 0.29) is 24.2 Å². The quantitative estimate of drug-likeness (QED) is 0.263. The van der Waals surface area contributed by atoms with E-state index in [2.05, 4.69) is 47.4 Å². The lowest BCUT2D eigenvalue weighted by molar-refractivity contribution is -0.0729. The van der Waals surface area contributed by atoms with Crippen LogP contribution in [0.25, 0.3) is 0 Å². The van der Waals surface area contributed by atoms with Gasteiger partial charge in [0.1, 0.15) is 12.4 Å². The van der Waals surface area contributed by atoms with Crippen LogP contribution < -0.4 is 9.64 Å². The molecular formula is C33H49NO7. The molecule has 0 aromatic heterocycles. The van der Waals surface area contributed by atoms with Crippen LogP contribution in [0.3, 0.4) is 0 Å². The van der Waals surface area contributed by atoms with E-state index in [1.165, 1.54) is 5.56 Å². The highest BCUT2D eigenvalue weighted by Gasteiger charge is 2.36. The van der Waals surface area contributed by atoms with Crippen LogP contribution in [0.5, 0.6) is 5.75 Å². The van der Waals surface area contributed by atoms with Gasteiger partial charge in [-0.25, -0.2) is 0 Å². The van der Waals surface area contributed by atoms with E-state index in [0.29, 0.717) is 46.1 Å². The van der Waals surface area contributed by atoms with Gasteiger partial charge in [0.05, 0.1) is 57.0 Å². The number of hydrogen-bond acceptors (Lipinski definition) is 8. The van der Waals surface area contributed by atoms with Gasteiger partial charge in [-0.3, -0.25) is 0 Å². The molecule has 4 rings (SSSR count). The molecule has 1 aliphatic carbocycles. The fourth-order valence-electron chi connectivity index (χ4n) is 5.72. The molecule has 4 atom stereocenters. The van der Waals surface area contributed by atoms with Crippen molar-refractivity contribution in [3.63, 3.8) is 0 Å². The van der Waals surface area contributed by atoms with Gasteiger partial charge in [0.25, 0.3) is 0 Å². The molecule has 1 aliphatic heterocycles. The maximum atomic E-state index is 9.78. The zero-order valence-corrected chi connectivity index (χ0v) is 25.1. The normalized spacial score (nSPS) is 21.4. The third-order valence-electron chi connectivity index (χ3n) is 7.93.